The molecule has 0 radical (unpaired) electrons. The fraction of sp³-hybridized carbons (Fsp3) is 0. The van der Waals surface area contributed by atoms with E-state index in [1.54, 1.807) is 0 Å². The van der Waals surface area contributed by atoms with Crippen LogP contribution in [0.1, 0.15) is 6.85 Å². The van der Waals surface area contributed by atoms with E-state index in [1.165, 1.54) is 0 Å². The molecule has 0 aliphatic rings. The fourth-order valence-electron chi connectivity index (χ4n) is 7.72. The maximum absolute atomic E-state index is 8.51. The van der Waals surface area contributed by atoms with Gasteiger partial charge in [-0.3, -0.25) is 0 Å². The molecular weight excluding hydrogens is 617 g/mol. The Hall–Kier alpha value is -6.70. The van der Waals surface area contributed by atoms with Crippen LogP contribution in [-0.4, -0.2) is 0 Å². The van der Waals surface area contributed by atoms with Gasteiger partial charge in [0.2, 0.25) is 0 Å². The smallest absolute Gasteiger partial charge is 0.136 e. The predicted octanol–water partition coefficient (Wildman–Crippen LogP) is 14.2. The number of rotatable bonds is 5. The second kappa shape index (κ2) is 12.0. The minimum absolute atomic E-state index is 0.195. The van der Waals surface area contributed by atoms with Crippen LogP contribution in [0.3, 0.4) is 0 Å². The SMILES string of the molecule is [2H]c1c([2H])c([2H])c(-c2ccc(-c3ccccc3-c3c4ccccc4c(-c4cccc5oc6ccc(-c7ccccc7)cc6c45)c4ccccc34)cc2)c([2H])c1[2H]. The Morgan fingerprint density at radius 2 is 0.863 bits per heavy atom. The van der Waals surface area contributed by atoms with Gasteiger partial charge in [-0.05, 0) is 95.4 Å². The zero-order chi connectivity index (χ0) is 38.1. The summed E-state index contributed by atoms with van der Waals surface area (Å²) in [6.07, 6.45) is 0. The van der Waals surface area contributed by atoms with E-state index in [4.69, 9.17) is 11.3 Å². The first kappa shape index (κ1) is 24.4. The highest BCUT2D eigenvalue weighted by atomic mass is 16.3. The highest BCUT2D eigenvalue weighted by Crippen LogP contribution is 2.48. The van der Waals surface area contributed by atoms with Gasteiger partial charge in [-0.1, -0.05) is 176 Å². The minimum Gasteiger partial charge on any atom is -0.456 e. The summed E-state index contributed by atoms with van der Waals surface area (Å²) in [4.78, 5) is 0. The largest absolute Gasteiger partial charge is 0.456 e. The Bertz CT molecular complexity index is 3100. The second-order valence-corrected chi connectivity index (χ2v) is 12.8. The van der Waals surface area contributed by atoms with Gasteiger partial charge in [0.25, 0.3) is 0 Å². The summed E-state index contributed by atoms with van der Waals surface area (Å²) >= 11 is 0. The Balaban J connectivity index is 1.19. The van der Waals surface area contributed by atoms with Crippen molar-refractivity contribution in [1.29, 1.82) is 0 Å². The van der Waals surface area contributed by atoms with Crippen molar-refractivity contribution < 1.29 is 11.3 Å². The number of fused-ring (bicyclic) bond motifs is 5. The average molecular weight is 654 g/mol. The van der Waals surface area contributed by atoms with E-state index >= 15 is 0 Å². The van der Waals surface area contributed by atoms with Gasteiger partial charge in [0.05, 0.1) is 6.85 Å². The van der Waals surface area contributed by atoms with E-state index in [0.29, 0.717) is 5.56 Å². The molecule has 0 atom stereocenters. The van der Waals surface area contributed by atoms with Crippen LogP contribution in [0.4, 0.5) is 0 Å². The summed E-state index contributed by atoms with van der Waals surface area (Å²) in [5.74, 6) is 0. The third-order valence-electron chi connectivity index (χ3n) is 9.98. The van der Waals surface area contributed by atoms with Crippen LogP contribution in [0, 0.1) is 0 Å². The highest BCUT2D eigenvalue weighted by molar-refractivity contribution is 6.26. The molecule has 238 valence electrons. The quantitative estimate of drug-likeness (QED) is 0.169. The minimum atomic E-state index is -0.397. The van der Waals surface area contributed by atoms with E-state index in [9.17, 15) is 0 Å². The lowest BCUT2D eigenvalue weighted by Gasteiger charge is -2.20. The number of furan rings is 1. The first-order valence-electron chi connectivity index (χ1n) is 19.6. The summed E-state index contributed by atoms with van der Waals surface area (Å²) in [5, 5.41) is 6.68. The normalized spacial score (nSPS) is 12.9. The molecule has 0 amide bonds. The molecule has 0 aliphatic heterocycles. The summed E-state index contributed by atoms with van der Waals surface area (Å²) in [7, 11) is 0. The van der Waals surface area contributed by atoms with Crippen molar-refractivity contribution in [2.75, 3.05) is 0 Å². The molecule has 0 saturated heterocycles. The van der Waals surface area contributed by atoms with Crippen molar-refractivity contribution >= 4 is 43.5 Å². The van der Waals surface area contributed by atoms with Crippen LogP contribution >= 0.6 is 0 Å². The van der Waals surface area contributed by atoms with Crippen LogP contribution in [0.25, 0.3) is 99.1 Å². The Morgan fingerprint density at radius 1 is 0.333 bits per heavy atom. The first-order chi connectivity index (χ1) is 27.4. The topological polar surface area (TPSA) is 13.1 Å². The van der Waals surface area contributed by atoms with Gasteiger partial charge in [0, 0.05) is 10.8 Å². The molecule has 1 nitrogen and oxygen atoms in total. The number of hydrogen-bond acceptors (Lipinski definition) is 1. The molecule has 9 aromatic carbocycles. The van der Waals surface area contributed by atoms with Gasteiger partial charge in [-0.15, -0.1) is 0 Å². The van der Waals surface area contributed by atoms with E-state index in [0.717, 1.165) is 88.0 Å². The third-order valence-corrected chi connectivity index (χ3v) is 9.98. The Morgan fingerprint density at radius 3 is 1.55 bits per heavy atom. The van der Waals surface area contributed by atoms with Gasteiger partial charge < -0.3 is 4.42 Å². The Labute approximate surface area is 303 Å². The van der Waals surface area contributed by atoms with Crippen LogP contribution in [-0.2, 0) is 0 Å². The molecule has 0 spiro atoms. The molecule has 0 aliphatic carbocycles. The summed E-state index contributed by atoms with van der Waals surface area (Å²) in [6.45, 7) is 0. The summed E-state index contributed by atoms with van der Waals surface area (Å²) in [6, 6.07) is 55.0. The molecule has 1 heterocycles. The third kappa shape index (κ3) is 4.86. The zero-order valence-corrected chi connectivity index (χ0v) is 27.5. The summed E-state index contributed by atoms with van der Waals surface area (Å²) in [5.41, 5.74) is 11.2. The molecule has 0 bridgehead atoms. The molecule has 0 unspecified atom stereocenters. The van der Waals surface area contributed by atoms with Crippen molar-refractivity contribution in [2.45, 2.75) is 0 Å². The average Bonchev–Trinajstić information content (AvgIpc) is 3.63. The molecule has 10 rings (SSSR count). The van der Waals surface area contributed by atoms with E-state index in [-0.39, 0.29) is 29.7 Å². The van der Waals surface area contributed by atoms with Crippen LogP contribution in [0.15, 0.2) is 198 Å². The Kier molecular flexibility index (Phi) is 5.76. The predicted molar refractivity (Wildman–Crippen MR) is 216 cm³/mol. The standard InChI is InChI=1S/C50H32O/c1-3-14-33(15-4-1)35-26-28-36(29-27-35)38-18-7-8-19-39(38)48-40-20-9-11-22-42(40)49(43-23-12-10-21-41(43)48)44-24-13-25-47-50(44)45-32-37(30-31-46(45)51-47)34-16-5-2-6-17-34/h1-32H/i1D,3D,4D,14D,15D. The fourth-order valence-corrected chi connectivity index (χ4v) is 7.72. The maximum Gasteiger partial charge on any atom is 0.136 e. The van der Waals surface area contributed by atoms with Crippen molar-refractivity contribution in [3.8, 4) is 55.6 Å². The molecule has 1 aromatic heterocycles. The lowest BCUT2D eigenvalue weighted by Crippen LogP contribution is -1.93. The van der Waals surface area contributed by atoms with Crippen molar-refractivity contribution in [3.05, 3.63) is 194 Å². The van der Waals surface area contributed by atoms with Crippen LogP contribution in [0.2, 0.25) is 0 Å². The molecule has 0 fully saturated rings. The van der Waals surface area contributed by atoms with E-state index in [1.807, 2.05) is 36.4 Å². The van der Waals surface area contributed by atoms with Gasteiger partial charge in [0.15, 0.2) is 0 Å². The van der Waals surface area contributed by atoms with Crippen molar-refractivity contribution in [1.82, 2.24) is 0 Å². The van der Waals surface area contributed by atoms with Crippen LogP contribution in [0.5, 0.6) is 0 Å². The second-order valence-electron chi connectivity index (χ2n) is 12.8. The van der Waals surface area contributed by atoms with Crippen molar-refractivity contribution in [3.63, 3.8) is 0 Å². The molecular formula is C50H32O. The molecule has 1 heteroatoms. The maximum atomic E-state index is 8.51. The lowest BCUT2D eigenvalue weighted by molar-refractivity contribution is 0.669. The molecule has 0 saturated carbocycles. The van der Waals surface area contributed by atoms with Crippen molar-refractivity contribution in [2.24, 2.45) is 0 Å². The highest BCUT2D eigenvalue weighted by Gasteiger charge is 2.21. The number of hydrogen-bond donors (Lipinski definition) is 0. The zero-order valence-electron chi connectivity index (χ0n) is 32.5. The van der Waals surface area contributed by atoms with Crippen LogP contribution < -0.4 is 0 Å². The van der Waals surface area contributed by atoms with E-state index < -0.39 is 6.04 Å². The summed E-state index contributed by atoms with van der Waals surface area (Å²) < 4.78 is 47.9. The van der Waals surface area contributed by atoms with Gasteiger partial charge in [0.1, 0.15) is 11.2 Å². The lowest BCUT2D eigenvalue weighted by atomic mass is 9.83. The van der Waals surface area contributed by atoms with Gasteiger partial charge >= 0.3 is 0 Å². The van der Waals surface area contributed by atoms with Gasteiger partial charge in [-0.2, -0.15) is 0 Å². The molecule has 51 heavy (non-hydrogen) atoms. The van der Waals surface area contributed by atoms with E-state index in [2.05, 4.69) is 127 Å². The van der Waals surface area contributed by atoms with Gasteiger partial charge in [-0.25, -0.2) is 0 Å². The number of benzene rings is 9. The molecule has 10 aromatic rings. The molecule has 0 N–H and O–H groups in total. The monoisotopic (exact) mass is 653 g/mol. The first-order valence-corrected chi connectivity index (χ1v) is 17.1.